The molecule has 0 fully saturated rings. The van der Waals surface area contributed by atoms with Crippen molar-refractivity contribution >= 4 is 5.91 Å². The fraction of sp³-hybridized carbons (Fsp3) is 0.235. The predicted octanol–water partition coefficient (Wildman–Crippen LogP) is 3.60. The number of pyridine rings is 1. The van der Waals surface area contributed by atoms with Crippen LogP contribution in [-0.2, 0) is 11.0 Å². The summed E-state index contributed by atoms with van der Waals surface area (Å²) in [5.41, 5.74) is -0.866. The quantitative estimate of drug-likeness (QED) is 0.598. The molecular weight excluding hydrogens is 351 g/mol. The Morgan fingerprint density at radius 1 is 1.19 bits per heavy atom. The molecule has 1 heterocycles. The maximum absolute atomic E-state index is 12.5. The Labute approximate surface area is 147 Å². The van der Waals surface area contributed by atoms with E-state index in [0.29, 0.717) is 17.7 Å². The molecule has 136 valence electrons. The fourth-order valence-corrected chi connectivity index (χ4v) is 1.89. The van der Waals surface area contributed by atoms with Crippen molar-refractivity contribution in [3.63, 3.8) is 0 Å². The van der Waals surface area contributed by atoms with E-state index in [1.165, 1.54) is 38.2 Å². The van der Waals surface area contributed by atoms with Crippen molar-refractivity contribution in [1.29, 1.82) is 5.26 Å². The van der Waals surface area contributed by atoms with Crippen LogP contribution in [0.2, 0.25) is 0 Å². The van der Waals surface area contributed by atoms with Gasteiger partial charge in [-0.25, -0.2) is 9.88 Å². The molecule has 0 saturated heterocycles. The molecule has 6 nitrogen and oxygen atoms in total. The lowest BCUT2D eigenvalue weighted by molar-refractivity contribution is -0.138. The van der Waals surface area contributed by atoms with Gasteiger partial charge in [-0.15, -0.1) is 0 Å². The fourth-order valence-electron chi connectivity index (χ4n) is 1.89. The summed E-state index contributed by atoms with van der Waals surface area (Å²) < 4.78 is 48.2. The number of benzene rings is 1. The second-order valence-electron chi connectivity index (χ2n) is 5.21. The second-order valence-corrected chi connectivity index (χ2v) is 5.21. The molecule has 1 atom stereocenters. The smallest absolute Gasteiger partial charge is 0.417 e. The van der Waals surface area contributed by atoms with Crippen LogP contribution >= 0.6 is 0 Å². The molecule has 1 amide bonds. The van der Waals surface area contributed by atoms with Crippen molar-refractivity contribution in [3.05, 3.63) is 48.2 Å². The molecular formula is C17H14F3N3O3. The molecule has 1 aromatic carbocycles. The summed E-state index contributed by atoms with van der Waals surface area (Å²) in [6, 6.07) is 8.06. The minimum absolute atomic E-state index is 0.00543. The highest BCUT2D eigenvalue weighted by Gasteiger charge is 2.30. The number of nitrogens with zero attached hydrogens (tertiary/aromatic N) is 3. The number of carbonyl (C=O) groups is 1. The number of nitriles is 1. The van der Waals surface area contributed by atoms with Crippen molar-refractivity contribution in [2.75, 3.05) is 7.05 Å². The normalized spacial score (nSPS) is 12.0. The maximum Gasteiger partial charge on any atom is 0.417 e. The van der Waals surface area contributed by atoms with Gasteiger partial charge >= 0.3 is 6.18 Å². The Hall–Kier alpha value is -3.28. The van der Waals surface area contributed by atoms with Gasteiger partial charge in [0.1, 0.15) is 11.5 Å². The van der Waals surface area contributed by atoms with Gasteiger partial charge in [0.15, 0.2) is 12.3 Å². The molecule has 0 N–H and O–H groups in total. The number of ether oxygens (including phenoxy) is 2. The molecule has 0 saturated carbocycles. The van der Waals surface area contributed by atoms with Gasteiger partial charge in [0.2, 0.25) is 5.88 Å². The topological polar surface area (TPSA) is 75.5 Å². The Kier molecular flexibility index (Phi) is 5.67. The number of hydrogen-bond donors (Lipinski definition) is 0. The van der Waals surface area contributed by atoms with Crippen LogP contribution in [0.15, 0.2) is 42.6 Å². The van der Waals surface area contributed by atoms with Crippen LogP contribution in [-0.4, -0.2) is 28.9 Å². The van der Waals surface area contributed by atoms with Crippen LogP contribution in [0.3, 0.4) is 0 Å². The van der Waals surface area contributed by atoms with E-state index in [2.05, 4.69) is 4.98 Å². The number of halogens is 3. The van der Waals surface area contributed by atoms with Gasteiger partial charge in [0, 0.05) is 19.3 Å². The number of rotatable bonds is 5. The molecule has 0 aliphatic carbocycles. The van der Waals surface area contributed by atoms with E-state index in [0.717, 1.165) is 17.0 Å². The second kappa shape index (κ2) is 7.74. The van der Waals surface area contributed by atoms with Crippen molar-refractivity contribution in [2.24, 2.45) is 0 Å². The Bertz CT molecular complexity index is 799. The van der Waals surface area contributed by atoms with Crippen molar-refractivity contribution < 1.29 is 27.4 Å². The van der Waals surface area contributed by atoms with Gasteiger partial charge in [-0.1, -0.05) is 0 Å². The molecule has 1 unspecified atom stereocenters. The van der Waals surface area contributed by atoms with E-state index >= 15 is 0 Å². The van der Waals surface area contributed by atoms with Gasteiger partial charge in [0.25, 0.3) is 5.91 Å². The van der Waals surface area contributed by atoms with Crippen LogP contribution in [0.4, 0.5) is 13.2 Å². The summed E-state index contributed by atoms with van der Waals surface area (Å²) >= 11 is 0. The summed E-state index contributed by atoms with van der Waals surface area (Å²) in [7, 11) is 1.33. The van der Waals surface area contributed by atoms with E-state index in [1.54, 1.807) is 6.19 Å². The number of aromatic nitrogens is 1. The molecule has 1 aromatic heterocycles. The largest absolute Gasteiger partial charge is 0.481 e. The summed E-state index contributed by atoms with van der Waals surface area (Å²) in [5, 5.41) is 8.67. The first-order valence-corrected chi connectivity index (χ1v) is 7.36. The third-order valence-corrected chi connectivity index (χ3v) is 3.25. The van der Waals surface area contributed by atoms with E-state index in [4.69, 9.17) is 14.7 Å². The van der Waals surface area contributed by atoms with E-state index in [1.807, 2.05) is 0 Å². The zero-order chi connectivity index (χ0) is 19.3. The Morgan fingerprint density at radius 2 is 1.81 bits per heavy atom. The molecule has 0 aliphatic heterocycles. The molecule has 2 rings (SSSR count). The number of likely N-dealkylation sites (N-methyl/N-ethyl adjacent to an activating group) is 1. The first-order chi connectivity index (χ1) is 12.2. The molecule has 2 aromatic rings. The van der Waals surface area contributed by atoms with Gasteiger partial charge in [-0.05, 0) is 37.3 Å². The minimum Gasteiger partial charge on any atom is -0.481 e. The third kappa shape index (κ3) is 4.86. The Balaban J connectivity index is 1.99. The molecule has 9 heteroatoms. The lowest BCUT2D eigenvalue weighted by atomic mass is 10.3. The highest BCUT2D eigenvalue weighted by atomic mass is 19.4. The lowest BCUT2D eigenvalue weighted by Gasteiger charge is -2.16. The van der Waals surface area contributed by atoms with Crippen molar-refractivity contribution in [2.45, 2.75) is 19.2 Å². The highest BCUT2D eigenvalue weighted by Crippen LogP contribution is 2.30. The van der Waals surface area contributed by atoms with Crippen LogP contribution in [0.5, 0.6) is 17.4 Å². The summed E-state index contributed by atoms with van der Waals surface area (Å²) in [4.78, 5) is 16.2. The van der Waals surface area contributed by atoms with E-state index in [9.17, 15) is 18.0 Å². The monoisotopic (exact) mass is 365 g/mol. The maximum atomic E-state index is 12.5. The minimum atomic E-state index is -4.46. The average molecular weight is 365 g/mol. The molecule has 0 bridgehead atoms. The molecule has 0 radical (unpaired) electrons. The van der Waals surface area contributed by atoms with Crippen LogP contribution < -0.4 is 9.47 Å². The van der Waals surface area contributed by atoms with Crippen LogP contribution in [0, 0.1) is 11.5 Å². The van der Waals surface area contributed by atoms with E-state index in [-0.39, 0.29) is 5.88 Å². The summed E-state index contributed by atoms with van der Waals surface area (Å²) in [6.45, 7) is 1.51. The van der Waals surface area contributed by atoms with Gasteiger partial charge in [-0.3, -0.25) is 4.79 Å². The zero-order valence-electron chi connectivity index (χ0n) is 13.8. The van der Waals surface area contributed by atoms with Gasteiger partial charge < -0.3 is 9.47 Å². The van der Waals surface area contributed by atoms with Crippen LogP contribution in [0.25, 0.3) is 0 Å². The predicted molar refractivity (Wildman–Crippen MR) is 84.2 cm³/mol. The Morgan fingerprint density at radius 3 is 2.31 bits per heavy atom. The van der Waals surface area contributed by atoms with Gasteiger partial charge in [0.05, 0.1) is 5.56 Å². The standard InChI is InChI=1S/C17H14F3N3O3/c1-11(16(24)23(2)10-21)25-13-4-6-14(7-5-13)26-15-8-3-12(9-22-15)17(18,19)20/h3-9,11H,1-2H3. The SMILES string of the molecule is CC(Oc1ccc(Oc2ccc(C(F)(F)F)cn2)cc1)C(=O)N(C)C#N. The number of hydrogen-bond acceptors (Lipinski definition) is 5. The summed E-state index contributed by atoms with van der Waals surface area (Å²) in [5.74, 6) is 0.204. The van der Waals surface area contributed by atoms with Gasteiger partial charge in [-0.2, -0.15) is 18.4 Å². The zero-order valence-corrected chi connectivity index (χ0v) is 13.8. The first kappa shape index (κ1) is 19.1. The number of alkyl halides is 3. The average Bonchev–Trinajstić information content (AvgIpc) is 2.61. The third-order valence-electron chi connectivity index (χ3n) is 3.25. The first-order valence-electron chi connectivity index (χ1n) is 7.36. The molecule has 0 spiro atoms. The number of carbonyl (C=O) groups excluding carboxylic acids is 1. The van der Waals surface area contributed by atoms with Crippen LogP contribution in [0.1, 0.15) is 12.5 Å². The van der Waals surface area contributed by atoms with E-state index < -0.39 is 23.8 Å². The van der Waals surface area contributed by atoms with Crippen molar-refractivity contribution in [3.8, 4) is 23.6 Å². The molecule has 26 heavy (non-hydrogen) atoms. The molecule has 0 aliphatic rings. The lowest BCUT2D eigenvalue weighted by Crippen LogP contribution is -2.35. The highest BCUT2D eigenvalue weighted by molar-refractivity contribution is 5.81. The number of amides is 1. The van der Waals surface area contributed by atoms with Crippen molar-refractivity contribution in [1.82, 2.24) is 9.88 Å². The summed E-state index contributed by atoms with van der Waals surface area (Å²) in [6.07, 6.45) is -2.94.